The Hall–Kier alpha value is -3.29. The number of aliphatic hydroxyl groups is 1. The molecule has 5 rings (SSSR count). The summed E-state index contributed by atoms with van der Waals surface area (Å²) >= 11 is 0. The van der Waals surface area contributed by atoms with Crippen LogP contribution >= 0.6 is 10.6 Å². The standard InChI is InChI=1S/C25H29N5O6S/c1-29(24(33)10-16-5-6-22-20(9-16)27-23(32)14-37(22,34)35)21(13-30-8-7-19(31)12-30)17-3-2-4-18(11-17)25-26-15-36-28-25/h2-6,9,11,15,19,21,31,34-35H,7-8,10,12-14H2,1H3,(H,27,32)/t19-,21+/m0/s1. The second-order valence-electron chi connectivity index (χ2n) is 9.47. The number of anilines is 1. The summed E-state index contributed by atoms with van der Waals surface area (Å²) in [5.41, 5.74) is 2.62. The molecule has 0 bridgehead atoms. The van der Waals surface area contributed by atoms with Crippen molar-refractivity contribution in [2.45, 2.75) is 29.9 Å². The average molecular weight is 528 g/mol. The number of nitrogens with zero attached hydrogens (tertiary/aromatic N) is 4. The molecule has 11 nitrogen and oxygen atoms in total. The lowest BCUT2D eigenvalue weighted by Gasteiger charge is -2.37. The Morgan fingerprint density at radius 1 is 1.30 bits per heavy atom. The van der Waals surface area contributed by atoms with E-state index in [9.17, 15) is 23.8 Å². The van der Waals surface area contributed by atoms with Crippen molar-refractivity contribution in [1.29, 1.82) is 0 Å². The van der Waals surface area contributed by atoms with Gasteiger partial charge in [0.25, 0.3) is 0 Å². The summed E-state index contributed by atoms with van der Waals surface area (Å²) in [6, 6.07) is 12.2. The normalized spacial score (nSPS) is 20.6. The van der Waals surface area contributed by atoms with Crippen LogP contribution in [-0.4, -0.2) is 84.5 Å². The fraction of sp³-hybridized carbons (Fsp3) is 0.360. The number of β-amino-alcohol motifs (C(OH)–C–C–N with tert-alkyl or cyclic N) is 1. The number of benzene rings is 2. The Kier molecular flexibility index (Phi) is 7.01. The van der Waals surface area contributed by atoms with Gasteiger partial charge >= 0.3 is 0 Å². The molecule has 2 aliphatic heterocycles. The summed E-state index contributed by atoms with van der Waals surface area (Å²) in [6.07, 6.45) is 1.63. The minimum atomic E-state index is -3.19. The molecule has 1 fully saturated rings. The zero-order valence-electron chi connectivity index (χ0n) is 20.3. The van der Waals surface area contributed by atoms with Gasteiger partial charge in [-0.05, 0) is 35.7 Å². The molecule has 2 atom stereocenters. The molecule has 1 saturated heterocycles. The molecular formula is C25H29N5O6S. The lowest BCUT2D eigenvalue weighted by Crippen LogP contribution is -2.39. The van der Waals surface area contributed by atoms with Crippen LogP contribution in [0, 0.1) is 0 Å². The topological polar surface area (TPSA) is 152 Å². The number of aromatic nitrogens is 2. The van der Waals surface area contributed by atoms with Gasteiger partial charge in [0.2, 0.25) is 24.0 Å². The van der Waals surface area contributed by atoms with Crippen molar-refractivity contribution in [2.75, 3.05) is 37.8 Å². The number of fused-ring (bicyclic) bond motifs is 1. The van der Waals surface area contributed by atoms with Crippen LogP contribution in [0.2, 0.25) is 0 Å². The van der Waals surface area contributed by atoms with Gasteiger partial charge in [-0.2, -0.15) is 15.6 Å². The quantitative estimate of drug-likeness (QED) is 0.363. The highest BCUT2D eigenvalue weighted by atomic mass is 32.3. The number of amides is 2. The van der Waals surface area contributed by atoms with Crippen LogP contribution in [-0.2, 0) is 16.0 Å². The first-order chi connectivity index (χ1) is 17.7. The summed E-state index contributed by atoms with van der Waals surface area (Å²) < 4.78 is 25.4. The SMILES string of the molecule is CN(C(=O)Cc1ccc2c(c1)NC(=O)CS2(O)O)[C@H](CN1CC[C@H](O)C1)c1cccc(-c2ncon2)c1. The van der Waals surface area contributed by atoms with Crippen LogP contribution < -0.4 is 5.32 Å². The number of hydrogen-bond donors (Lipinski definition) is 4. The molecule has 0 saturated carbocycles. The maximum Gasteiger partial charge on any atom is 0.244 e. The number of hydrogen-bond acceptors (Lipinski definition) is 9. The maximum absolute atomic E-state index is 13.5. The minimum absolute atomic E-state index is 0.0580. The Bertz CT molecular complexity index is 1300. The van der Waals surface area contributed by atoms with E-state index in [-0.39, 0.29) is 35.1 Å². The summed E-state index contributed by atoms with van der Waals surface area (Å²) in [4.78, 5) is 33.6. The van der Waals surface area contributed by atoms with Gasteiger partial charge in [0.05, 0.1) is 29.1 Å². The molecule has 1 aromatic heterocycles. The molecule has 2 aliphatic rings. The molecule has 2 amide bonds. The zero-order valence-corrected chi connectivity index (χ0v) is 21.1. The van der Waals surface area contributed by atoms with Gasteiger partial charge < -0.3 is 19.8 Å². The molecule has 0 spiro atoms. The van der Waals surface area contributed by atoms with Crippen molar-refractivity contribution in [1.82, 2.24) is 19.9 Å². The predicted octanol–water partition coefficient (Wildman–Crippen LogP) is 2.61. The van der Waals surface area contributed by atoms with Crippen LogP contribution in [0.5, 0.6) is 0 Å². The molecule has 2 aromatic carbocycles. The third kappa shape index (κ3) is 5.53. The van der Waals surface area contributed by atoms with Gasteiger partial charge in [0, 0.05) is 32.2 Å². The second kappa shape index (κ2) is 10.2. The van der Waals surface area contributed by atoms with E-state index in [0.29, 0.717) is 36.6 Å². The van der Waals surface area contributed by atoms with E-state index in [4.69, 9.17) is 4.52 Å². The van der Waals surface area contributed by atoms with Gasteiger partial charge in [-0.3, -0.25) is 23.6 Å². The molecule has 0 radical (unpaired) electrons. The monoisotopic (exact) mass is 527 g/mol. The summed E-state index contributed by atoms with van der Waals surface area (Å²) in [7, 11) is -1.45. The Morgan fingerprint density at radius 2 is 2.14 bits per heavy atom. The van der Waals surface area contributed by atoms with Crippen molar-refractivity contribution in [3.05, 3.63) is 60.0 Å². The van der Waals surface area contributed by atoms with E-state index in [2.05, 4.69) is 20.4 Å². The molecular weight excluding hydrogens is 498 g/mol. The lowest BCUT2D eigenvalue weighted by molar-refractivity contribution is -0.131. The van der Waals surface area contributed by atoms with Crippen molar-refractivity contribution < 1.29 is 28.3 Å². The lowest BCUT2D eigenvalue weighted by atomic mass is 10.0. The van der Waals surface area contributed by atoms with E-state index in [1.165, 1.54) is 6.39 Å². The van der Waals surface area contributed by atoms with Crippen molar-refractivity contribution in [3.63, 3.8) is 0 Å². The fourth-order valence-corrected chi connectivity index (χ4v) is 6.19. The first-order valence-electron chi connectivity index (χ1n) is 11.9. The van der Waals surface area contributed by atoms with Crippen molar-refractivity contribution in [2.24, 2.45) is 0 Å². The van der Waals surface area contributed by atoms with Crippen molar-refractivity contribution >= 4 is 28.1 Å². The third-order valence-corrected chi connectivity index (χ3v) is 8.51. The van der Waals surface area contributed by atoms with Gasteiger partial charge in [-0.15, -0.1) is 0 Å². The highest BCUT2D eigenvalue weighted by Crippen LogP contribution is 2.53. The van der Waals surface area contributed by atoms with E-state index in [1.54, 1.807) is 30.1 Å². The third-order valence-electron chi connectivity index (χ3n) is 6.79. The maximum atomic E-state index is 13.5. The number of carbonyl (C=O) groups is 2. The molecule has 0 aliphatic carbocycles. The van der Waals surface area contributed by atoms with Gasteiger partial charge in [0.15, 0.2) is 0 Å². The van der Waals surface area contributed by atoms with Gasteiger partial charge in [-0.1, -0.05) is 29.4 Å². The second-order valence-corrected chi connectivity index (χ2v) is 11.5. The smallest absolute Gasteiger partial charge is 0.244 e. The number of carbonyl (C=O) groups excluding carboxylic acids is 2. The first kappa shape index (κ1) is 25.4. The summed E-state index contributed by atoms with van der Waals surface area (Å²) in [6.45, 7) is 1.82. The van der Waals surface area contributed by atoms with Crippen LogP contribution in [0.25, 0.3) is 11.4 Å². The highest BCUT2D eigenvalue weighted by molar-refractivity contribution is 8.25. The Balaban J connectivity index is 1.39. The highest BCUT2D eigenvalue weighted by Gasteiger charge is 2.31. The van der Waals surface area contributed by atoms with Gasteiger partial charge in [-0.25, -0.2) is 0 Å². The number of likely N-dealkylation sites (tertiary alicyclic amines) is 1. The molecule has 12 heteroatoms. The van der Waals surface area contributed by atoms with Crippen molar-refractivity contribution in [3.8, 4) is 11.4 Å². The van der Waals surface area contributed by atoms with Crippen LogP contribution in [0.4, 0.5) is 5.69 Å². The van der Waals surface area contributed by atoms with Crippen LogP contribution in [0.15, 0.2) is 58.3 Å². The molecule has 37 heavy (non-hydrogen) atoms. The number of likely N-dealkylation sites (N-methyl/N-ethyl adjacent to an activating group) is 1. The number of aliphatic hydroxyl groups excluding tert-OH is 1. The van der Waals surface area contributed by atoms with Crippen LogP contribution in [0.1, 0.15) is 23.6 Å². The molecule has 0 unspecified atom stereocenters. The average Bonchev–Trinajstić information content (AvgIpc) is 3.53. The summed E-state index contributed by atoms with van der Waals surface area (Å²) in [5, 5.41) is 16.6. The zero-order chi connectivity index (χ0) is 26.2. The molecule has 3 heterocycles. The predicted molar refractivity (Wildman–Crippen MR) is 137 cm³/mol. The fourth-order valence-electron chi connectivity index (χ4n) is 4.85. The van der Waals surface area contributed by atoms with Gasteiger partial charge in [0.1, 0.15) is 5.75 Å². The number of rotatable bonds is 7. The Morgan fingerprint density at radius 3 is 2.86 bits per heavy atom. The van der Waals surface area contributed by atoms with E-state index < -0.39 is 16.5 Å². The first-order valence-corrected chi connectivity index (χ1v) is 13.6. The number of nitrogens with one attached hydrogen (secondary N) is 1. The van der Waals surface area contributed by atoms with E-state index in [0.717, 1.165) is 17.7 Å². The minimum Gasteiger partial charge on any atom is -0.392 e. The van der Waals surface area contributed by atoms with E-state index >= 15 is 0 Å². The molecule has 3 aromatic rings. The molecule has 4 N–H and O–H groups in total. The summed E-state index contributed by atoms with van der Waals surface area (Å²) in [5.74, 6) is -0.532. The van der Waals surface area contributed by atoms with E-state index in [1.807, 2.05) is 24.3 Å². The molecule has 196 valence electrons. The van der Waals surface area contributed by atoms with Crippen LogP contribution in [0.3, 0.4) is 0 Å². The Labute approximate surface area is 215 Å². The largest absolute Gasteiger partial charge is 0.392 e.